The maximum atomic E-state index is 11.9. The lowest BCUT2D eigenvalue weighted by Crippen LogP contribution is -2.43. The molecule has 0 heterocycles. The summed E-state index contributed by atoms with van der Waals surface area (Å²) in [6.45, 7) is 4.32. The molecule has 0 bridgehead atoms. The number of hydrogen-bond acceptors (Lipinski definition) is 4. The molecule has 28 heavy (non-hydrogen) atoms. The summed E-state index contributed by atoms with van der Waals surface area (Å²) in [6.07, 6.45) is 21.2. The lowest BCUT2D eigenvalue weighted by molar-refractivity contribution is -0.146. The Morgan fingerprint density at radius 3 is 1.93 bits per heavy atom. The van der Waals surface area contributed by atoms with Gasteiger partial charge >= 0.3 is 5.97 Å². The minimum absolute atomic E-state index is 0.0928. The van der Waals surface area contributed by atoms with Gasteiger partial charge in [0.2, 0.25) is 5.91 Å². The van der Waals surface area contributed by atoms with E-state index in [-0.39, 0.29) is 11.7 Å². The molecule has 0 aliphatic heterocycles. The maximum absolute atomic E-state index is 11.9. The van der Waals surface area contributed by atoms with Crippen LogP contribution < -0.4 is 5.32 Å². The first-order chi connectivity index (χ1) is 13.7. The third kappa shape index (κ3) is 17.2. The lowest BCUT2D eigenvalue weighted by Gasteiger charge is -2.14. The van der Waals surface area contributed by atoms with E-state index in [1.165, 1.54) is 64.2 Å². The van der Waals surface area contributed by atoms with E-state index in [1.54, 1.807) is 6.92 Å². The van der Waals surface area contributed by atoms with Gasteiger partial charge in [0.25, 0.3) is 0 Å². The van der Waals surface area contributed by atoms with Crippen molar-refractivity contribution in [2.24, 2.45) is 0 Å². The molecule has 0 rings (SSSR count). The van der Waals surface area contributed by atoms with Crippen LogP contribution in [0.4, 0.5) is 0 Å². The van der Waals surface area contributed by atoms with E-state index in [9.17, 15) is 9.59 Å². The number of esters is 1. The van der Waals surface area contributed by atoms with Gasteiger partial charge in [-0.15, -0.1) is 0 Å². The van der Waals surface area contributed by atoms with E-state index >= 15 is 0 Å². The Morgan fingerprint density at radius 1 is 0.857 bits per heavy atom. The molecule has 0 saturated heterocycles. The smallest absolute Gasteiger partial charge is 0.329 e. The van der Waals surface area contributed by atoms with Crippen LogP contribution in [0.3, 0.4) is 0 Å². The van der Waals surface area contributed by atoms with Crippen molar-refractivity contribution in [3.05, 3.63) is 12.2 Å². The Balaban J connectivity index is 3.48. The maximum Gasteiger partial charge on any atom is 0.329 e. The van der Waals surface area contributed by atoms with Crippen LogP contribution in [-0.4, -0.2) is 30.3 Å². The molecule has 0 aromatic rings. The van der Waals surface area contributed by atoms with Crippen LogP contribution >= 0.6 is 12.6 Å². The summed E-state index contributed by atoms with van der Waals surface area (Å²) in [6, 6.07) is -0.640. The molecule has 1 atom stereocenters. The van der Waals surface area contributed by atoms with Crippen molar-refractivity contribution in [3.8, 4) is 0 Å². The van der Waals surface area contributed by atoms with Gasteiger partial charge < -0.3 is 10.1 Å². The monoisotopic (exact) mass is 413 g/mol. The number of carbonyl (C=O) groups is 2. The van der Waals surface area contributed by atoms with E-state index in [1.807, 2.05) is 0 Å². The average molecular weight is 414 g/mol. The average Bonchev–Trinajstić information content (AvgIpc) is 2.69. The summed E-state index contributed by atoms with van der Waals surface area (Å²) in [5.74, 6) is -0.239. The van der Waals surface area contributed by atoms with Gasteiger partial charge in [-0.2, -0.15) is 12.6 Å². The van der Waals surface area contributed by atoms with Crippen molar-refractivity contribution in [3.63, 3.8) is 0 Å². The summed E-state index contributed by atoms with van der Waals surface area (Å²) in [5.41, 5.74) is 0. The third-order valence-corrected chi connectivity index (χ3v) is 5.12. The largest absolute Gasteiger partial charge is 0.464 e. The number of ether oxygens (including phenoxy) is 1. The number of unbranched alkanes of at least 4 members (excludes halogenated alkanes) is 11. The number of allylic oxidation sites excluding steroid dienone is 2. The van der Waals surface area contributed by atoms with Gasteiger partial charge in [0.1, 0.15) is 6.04 Å². The van der Waals surface area contributed by atoms with E-state index < -0.39 is 12.0 Å². The van der Waals surface area contributed by atoms with Gasteiger partial charge in [-0.05, 0) is 39.0 Å². The first-order valence-corrected chi connectivity index (χ1v) is 12.0. The Morgan fingerprint density at radius 2 is 1.39 bits per heavy atom. The molecule has 0 aliphatic rings. The highest BCUT2D eigenvalue weighted by Gasteiger charge is 2.19. The number of thiol groups is 1. The summed E-state index contributed by atoms with van der Waals surface area (Å²) < 4.78 is 4.92. The van der Waals surface area contributed by atoms with Crippen LogP contribution in [0.5, 0.6) is 0 Å². The number of carbonyl (C=O) groups excluding carboxylic acids is 2. The SMILES string of the molecule is CCCCCCCC/C=C\CCCCCCCC(=O)N[C@@H](CS)C(=O)OCC. The standard InChI is InChI=1S/C23H43NO3S/c1-3-5-6-7-8-9-10-11-12-13-14-15-16-17-18-19-22(25)24-21(20-28)23(26)27-4-2/h11-12,21,28H,3-10,13-20H2,1-2H3,(H,24,25)/b12-11-/t21-/m0/s1. The normalized spacial score (nSPS) is 12.2. The molecule has 0 saturated carbocycles. The van der Waals surface area contributed by atoms with Crippen molar-refractivity contribution in [1.82, 2.24) is 5.32 Å². The number of rotatable bonds is 19. The molecule has 0 aliphatic carbocycles. The molecule has 0 radical (unpaired) electrons. The Labute approximate surface area is 178 Å². The molecule has 0 spiro atoms. The van der Waals surface area contributed by atoms with Gasteiger partial charge in [-0.3, -0.25) is 4.79 Å². The number of hydrogen-bond donors (Lipinski definition) is 2. The molecule has 1 N–H and O–H groups in total. The van der Waals surface area contributed by atoms with Crippen molar-refractivity contribution < 1.29 is 14.3 Å². The highest BCUT2D eigenvalue weighted by molar-refractivity contribution is 7.80. The van der Waals surface area contributed by atoms with E-state index in [4.69, 9.17) is 4.74 Å². The molecular weight excluding hydrogens is 370 g/mol. The fourth-order valence-electron chi connectivity index (χ4n) is 3.04. The first-order valence-electron chi connectivity index (χ1n) is 11.4. The van der Waals surface area contributed by atoms with Crippen LogP contribution in [0.25, 0.3) is 0 Å². The molecule has 4 nitrogen and oxygen atoms in total. The quantitative estimate of drug-likeness (QED) is 0.118. The molecule has 0 fully saturated rings. The van der Waals surface area contributed by atoms with Gasteiger partial charge in [0.05, 0.1) is 6.61 Å². The fraction of sp³-hybridized carbons (Fsp3) is 0.826. The summed E-state index contributed by atoms with van der Waals surface area (Å²) in [5, 5.41) is 2.70. The molecular formula is C23H43NO3S. The van der Waals surface area contributed by atoms with Crippen molar-refractivity contribution in [2.45, 2.75) is 110 Å². The fourth-order valence-corrected chi connectivity index (χ4v) is 3.29. The Hall–Kier alpha value is -0.970. The van der Waals surface area contributed by atoms with Gasteiger partial charge in [0, 0.05) is 12.2 Å². The summed E-state index contributed by atoms with van der Waals surface area (Å²) in [4.78, 5) is 23.5. The van der Waals surface area contributed by atoms with Gasteiger partial charge in [-0.1, -0.05) is 70.4 Å². The zero-order valence-electron chi connectivity index (χ0n) is 18.2. The predicted octanol–water partition coefficient (Wildman–Crippen LogP) is 6.00. The van der Waals surface area contributed by atoms with E-state index in [0.717, 1.165) is 19.3 Å². The zero-order chi connectivity index (χ0) is 20.9. The Bertz CT molecular complexity index is 413. The molecule has 0 aromatic carbocycles. The van der Waals surface area contributed by atoms with Gasteiger partial charge in [0.15, 0.2) is 0 Å². The molecule has 0 aromatic heterocycles. The number of amides is 1. The second-order valence-corrected chi connectivity index (χ2v) is 7.75. The van der Waals surface area contributed by atoms with Crippen LogP contribution in [-0.2, 0) is 14.3 Å². The van der Waals surface area contributed by atoms with Crippen molar-refractivity contribution in [2.75, 3.05) is 12.4 Å². The van der Waals surface area contributed by atoms with E-state index in [2.05, 4.69) is 37.0 Å². The van der Waals surface area contributed by atoms with Crippen LogP contribution in [0.1, 0.15) is 104 Å². The second-order valence-electron chi connectivity index (χ2n) is 7.39. The second kappa shape index (κ2) is 20.8. The third-order valence-electron chi connectivity index (χ3n) is 4.75. The van der Waals surface area contributed by atoms with Crippen molar-refractivity contribution in [1.29, 1.82) is 0 Å². The molecule has 0 unspecified atom stereocenters. The zero-order valence-corrected chi connectivity index (χ0v) is 19.1. The highest BCUT2D eigenvalue weighted by atomic mass is 32.1. The minimum Gasteiger partial charge on any atom is -0.464 e. The Kier molecular flexibility index (Phi) is 20.0. The van der Waals surface area contributed by atoms with Crippen LogP contribution in [0, 0.1) is 0 Å². The summed E-state index contributed by atoms with van der Waals surface area (Å²) in [7, 11) is 0. The van der Waals surface area contributed by atoms with Crippen LogP contribution in [0.2, 0.25) is 0 Å². The van der Waals surface area contributed by atoms with Gasteiger partial charge in [-0.25, -0.2) is 4.79 Å². The lowest BCUT2D eigenvalue weighted by atomic mass is 10.1. The molecule has 5 heteroatoms. The molecule has 1 amide bonds. The number of nitrogens with one attached hydrogen (secondary N) is 1. The predicted molar refractivity (Wildman–Crippen MR) is 122 cm³/mol. The topological polar surface area (TPSA) is 55.4 Å². The van der Waals surface area contributed by atoms with Crippen LogP contribution in [0.15, 0.2) is 12.2 Å². The molecule has 164 valence electrons. The minimum atomic E-state index is -0.640. The highest BCUT2D eigenvalue weighted by Crippen LogP contribution is 2.10. The summed E-state index contributed by atoms with van der Waals surface area (Å²) >= 11 is 4.10. The van der Waals surface area contributed by atoms with Crippen molar-refractivity contribution >= 4 is 24.5 Å². The van der Waals surface area contributed by atoms with E-state index in [0.29, 0.717) is 13.0 Å². The first kappa shape index (κ1) is 27.0.